The van der Waals surface area contributed by atoms with Crippen molar-refractivity contribution >= 4 is 11.6 Å². The van der Waals surface area contributed by atoms with E-state index in [1.807, 2.05) is 18.2 Å². The summed E-state index contributed by atoms with van der Waals surface area (Å²) in [5, 5.41) is 14.4. The van der Waals surface area contributed by atoms with Crippen molar-refractivity contribution in [3.63, 3.8) is 0 Å². The van der Waals surface area contributed by atoms with Gasteiger partial charge < -0.3 is 5.32 Å². The fourth-order valence-electron chi connectivity index (χ4n) is 3.01. The third kappa shape index (κ3) is 3.49. The summed E-state index contributed by atoms with van der Waals surface area (Å²) in [6.45, 7) is 8.52. The fraction of sp³-hybridized carbons (Fsp3) is 0.300. The highest BCUT2D eigenvalue weighted by Gasteiger charge is 2.19. The van der Waals surface area contributed by atoms with E-state index in [0.29, 0.717) is 23.1 Å². The van der Waals surface area contributed by atoms with Crippen LogP contribution in [-0.4, -0.2) is 26.1 Å². The molecule has 1 aromatic heterocycles. The second kappa shape index (κ2) is 7.47. The number of anilines is 1. The van der Waals surface area contributed by atoms with Crippen LogP contribution < -0.4 is 5.32 Å². The fourth-order valence-corrected chi connectivity index (χ4v) is 3.01. The average Bonchev–Trinajstić information content (AvgIpc) is 3.16. The molecule has 6 nitrogen and oxygen atoms in total. The Labute approximate surface area is 153 Å². The Hall–Kier alpha value is -3.02. The first-order chi connectivity index (χ1) is 12.5. The van der Waals surface area contributed by atoms with E-state index >= 15 is 0 Å². The number of carbonyl (C=O) groups is 1. The van der Waals surface area contributed by atoms with Gasteiger partial charge in [0, 0.05) is 5.69 Å². The maximum atomic E-state index is 13.1. The number of tetrazole rings is 1. The summed E-state index contributed by atoms with van der Waals surface area (Å²) in [6, 6.07) is 13.5. The van der Waals surface area contributed by atoms with Crippen LogP contribution in [0.5, 0.6) is 0 Å². The molecule has 1 heterocycles. The van der Waals surface area contributed by atoms with Crippen LogP contribution in [0.4, 0.5) is 5.69 Å². The van der Waals surface area contributed by atoms with Gasteiger partial charge in [-0.25, -0.2) is 0 Å². The van der Waals surface area contributed by atoms with Gasteiger partial charge in [-0.3, -0.25) is 4.79 Å². The molecule has 26 heavy (non-hydrogen) atoms. The molecule has 0 aliphatic rings. The van der Waals surface area contributed by atoms with Gasteiger partial charge >= 0.3 is 0 Å². The molecule has 3 rings (SSSR count). The molecule has 6 heteroatoms. The van der Waals surface area contributed by atoms with Crippen molar-refractivity contribution in [2.75, 3.05) is 5.32 Å². The van der Waals surface area contributed by atoms with Crippen LogP contribution >= 0.6 is 0 Å². The summed E-state index contributed by atoms with van der Waals surface area (Å²) >= 11 is 0. The van der Waals surface area contributed by atoms with Crippen molar-refractivity contribution in [3.8, 4) is 5.69 Å². The van der Waals surface area contributed by atoms with Crippen LogP contribution in [0.3, 0.4) is 0 Å². The van der Waals surface area contributed by atoms with Crippen LogP contribution in [0.25, 0.3) is 5.69 Å². The maximum Gasteiger partial charge on any atom is 0.257 e. The van der Waals surface area contributed by atoms with Crippen LogP contribution in [0.2, 0.25) is 0 Å². The summed E-state index contributed by atoms with van der Waals surface area (Å²) < 4.78 is 1.49. The lowest BCUT2D eigenvalue weighted by atomic mass is 9.92. The van der Waals surface area contributed by atoms with Crippen LogP contribution in [0.15, 0.2) is 48.8 Å². The Morgan fingerprint density at radius 2 is 1.62 bits per heavy atom. The Balaban J connectivity index is 2.02. The van der Waals surface area contributed by atoms with Gasteiger partial charge in [-0.15, -0.1) is 5.10 Å². The van der Waals surface area contributed by atoms with Gasteiger partial charge in [0.1, 0.15) is 6.33 Å². The largest absolute Gasteiger partial charge is 0.321 e. The Morgan fingerprint density at radius 1 is 0.962 bits per heavy atom. The molecule has 1 N–H and O–H groups in total. The zero-order chi connectivity index (χ0) is 18.7. The zero-order valence-corrected chi connectivity index (χ0v) is 15.5. The van der Waals surface area contributed by atoms with Gasteiger partial charge in [0.25, 0.3) is 5.91 Å². The minimum atomic E-state index is -0.175. The van der Waals surface area contributed by atoms with Crippen molar-refractivity contribution in [1.82, 2.24) is 20.2 Å². The minimum Gasteiger partial charge on any atom is -0.321 e. The number of para-hydroxylation sites is 2. The van der Waals surface area contributed by atoms with Gasteiger partial charge in [0.05, 0.1) is 11.3 Å². The number of hydrogen-bond acceptors (Lipinski definition) is 4. The molecule has 1 amide bonds. The average molecular weight is 349 g/mol. The molecule has 0 fully saturated rings. The van der Waals surface area contributed by atoms with Crippen molar-refractivity contribution in [1.29, 1.82) is 0 Å². The smallest absolute Gasteiger partial charge is 0.257 e. The molecule has 0 spiro atoms. The van der Waals surface area contributed by atoms with Gasteiger partial charge in [-0.05, 0) is 45.5 Å². The Kier molecular flexibility index (Phi) is 5.11. The first kappa shape index (κ1) is 17.8. The van der Waals surface area contributed by atoms with E-state index in [-0.39, 0.29) is 5.91 Å². The Bertz CT molecular complexity index is 874. The summed E-state index contributed by atoms with van der Waals surface area (Å²) in [4.78, 5) is 13.1. The Morgan fingerprint density at radius 3 is 2.19 bits per heavy atom. The lowest BCUT2D eigenvalue weighted by Crippen LogP contribution is -2.18. The normalized spacial score (nSPS) is 11.2. The molecule has 0 bridgehead atoms. The summed E-state index contributed by atoms with van der Waals surface area (Å²) in [5.41, 5.74) is 4.32. The monoisotopic (exact) mass is 349 g/mol. The van der Waals surface area contributed by atoms with E-state index in [0.717, 1.165) is 16.8 Å². The number of nitrogens with zero attached hydrogens (tertiary/aromatic N) is 4. The van der Waals surface area contributed by atoms with E-state index in [1.54, 1.807) is 6.07 Å². The lowest BCUT2D eigenvalue weighted by Gasteiger charge is -2.20. The van der Waals surface area contributed by atoms with E-state index in [1.165, 1.54) is 11.0 Å². The number of carbonyl (C=O) groups excluding carboxylic acids is 1. The molecular weight excluding hydrogens is 326 g/mol. The van der Waals surface area contributed by atoms with Crippen LogP contribution in [0.1, 0.15) is 61.0 Å². The number of hydrogen-bond donors (Lipinski definition) is 1. The highest BCUT2D eigenvalue weighted by Crippen LogP contribution is 2.33. The van der Waals surface area contributed by atoms with Crippen LogP contribution in [-0.2, 0) is 0 Å². The highest BCUT2D eigenvalue weighted by molar-refractivity contribution is 6.07. The summed E-state index contributed by atoms with van der Waals surface area (Å²) in [7, 11) is 0. The van der Waals surface area contributed by atoms with Crippen molar-refractivity contribution in [2.45, 2.75) is 39.5 Å². The predicted octanol–water partition coefficient (Wildman–Crippen LogP) is 4.16. The molecule has 0 aliphatic heterocycles. The third-order valence-corrected chi connectivity index (χ3v) is 4.36. The molecule has 0 saturated heterocycles. The SMILES string of the molecule is CC(C)c1cccc(C(C)C)c1NC(=O)c1ccccc1-n1cnnn1. The molecular formula is C20H23N5O. The quantitative estimate of drug-likeness (QED) is 0.750. The van der Waals surface area contributed by atoms with Gasteiger partial charge in [-0.2, -0.15) is 4.68 Å². The summed E-state index contributed by atoms with van der Waals surface area (Å²) in [6.07, 6.45) is 1.48. The summed E-state index contributed by atoms with van der Waals surface area (Å²) in [5.74, 6) is 0.434. The van der Waals surface area contributed by atoms with Crippen molar-refractivity contribution in [2.24, 2.45) is 0 Å². The zero-order valence-electron chi connectivity index (χ0n) is 15.5. The number of nitrogens with one attached hydrogen (secondary N) is 1. The minimum absolute atomic E-state index is 0.175. The number of aromatic nitrogens is 4. The molecule has 0 aliphatic carbocycles. The number of benzene rings is 2. The third-order valence-electron chi connectivity index (χ3n) is 4.36. The number of amides is 1. The number of rotatable bonds is 5. The molecule has 0 unspecified atom stereocenters. The molecule has 0 saturated carbocycles. The molecule has 0 radical (unpaired) electrons. The van der Waals surface area contributed by atoms with Gasteiger partial charge in [-0.1, -0.05) is 58.0 Å². The highest BCUT2D eigenvalue weighted by atomic mass is 16.1. The second-order valence-corrected chi connectivity index (χ2v) is 6.85. The molecule has 3 aromatic rings. The second-order valence-electron chi connectivity index (χ2n) is 6.85. The molecule has 2 aromatic carbocycles. The molecule has 0 atom stereocenters. The van der Waals surface area contributed by atoms with E-state index in [2.05, 4.69) is 66.7 Å². The van der Waals surface area contributed by atoms with Gasteiger partial charge in [0.15, 0.2) is 0 Å². The first-order valence-corrected chi connectivity index (χ1v) is 8.75. The van der Waals surface area contributed by atoms with Gasteiger partial charge in [0.2, 0.25) is 0 Å². The maximum absolute atomic E-state index is 13.1. The van der Waals surface area contributed by atoms with E-state index < -0.39 is 0 Å². The topological polar surface area (TPSA) is 72.7 Å². The van der Waals surface area contributed by atoms with Crippen molar-refractivity contribution < 1.29 is 4.79 Å². The van der Waals surface area contributed by atoms with E-state index in [4.69, 9.17) is 0 Å². The molecule has 134 valence electrons. The standard InChI is InChI=1S/C20H23N5O/c1-13(2)15-9-7-10-16(14(3)4)19(15)22-20(26)17-8-5-6-11-18(17)25-12-21-23-24-25/h5-14H,1-4H3,(H,22,26). The predicted molar refractivity (Wildman–Crippen MR) is 102 cm³/mol. The van der Waals surface area contributed by atoms with Crippen LogP contribution in [0, 0.1) is 0 Å². The lowest BCUT2D eigenvalue weighted by molar-refractivity contribution is 0.102. The first-order valence-electron chi connectivity index (χ1n) is 8.75. The van der Waals surface area contributed by atoms with E-state index in [9.17, 15) is 4.79 Å². The van der Waals surface area contributed by atoms with Crippen molar-refractivity contribution in [3.05, 3.63) is 65.5 Å².